The van der Waals surface area contributed by atoms with Gasteiger partial charge in [0.2, 0.25) is 0 Å². The van der Waals surface area contributed by atoms with Gasteiger partial charge >= 0.3 is 0 Å². The molecule has 0 amide bonds. The molecule has 10 heteroatoms. The second-order valence-corrected chi connectivity index (χ2v) is 8.19. The Bertz CT molecular complexity index is 839. The third-order valence-corrected chi connectivity index (χ3v) is 5.20. The van der Waals surface area contributed by atoms with Crippen LogP contribution in [-0.2, 0) is 12.3 Å². The van der Waals surface area contributed by atoms with Gasteiger partial charge in [-0.05, 0) is 43.9 Å². The predicted octanol–water partition coefficient (Wildman–Crippen LogP) is 2.57. The summed E-state index contributed by atoms with van der Waals surface area (Å²) in [6.45, 7) is 1.42. The second-order valence-electron chi connectivity index (χ2n) is 7.08. The minimum atomic E-state index is -0.812. The number of aliphatic hydroxyl groups is 1. The Morgan fingerprint density at radius 1 is 1.26 bits per heavy atom. The number of nitrogens with zero attached hydrogens (tertiary/aromatic N) is 2. The van der Waals surface area contributed by atoms with E-state index in [1.54, 1.807) is 43.1 Å². The van der Waals surface area contributed by atoms with Crippen LogP contribution in [0.1, 0.15) is 23.2 Å². The summed E-state index contributed by atoms with van der Waals surface area (Å²) in [5, 5.41) is 27.1. The molecule has 0 saturated carbocycles. The molecule has 3 N–H and O–H groups in total. The molecule has 0 aliphatic heterocycles. The number of nitrogens with one attached hydrogen (secondary N) is 2. The van der Waals surface area contributed by atoms with Crippen molar-refractivity contribution < 1.29 is 19.2 Å². The van der Waals surface area contributed by atoms with E-state index in [1.165, 1.54) is 0 Å². The fraction of sp³-hybridized carbons (Fsp3) is 0.429. The monoisotopic (exact) mass is 450 g/mol. The average Bonchev–Trinajstić information content (AvgIpc) is 3.17. The highest BCUT2D eigenvalue weighted by atomic mass is 32.2. The van der Waals surface area contributed by atoms with Gasteiger partial charge in [-0.25, -0.2) is 0 Å². The van der Waals surface area contributed by atoms with Crippen molar-refractivity contribution in [2.45, 2.75) is 18.4 Å². The van der Waals surface area contributed by atoms with E-state index in [4.69, 9.17) is 9.15 Å². The van der Waals surface area contributed by atoms with Crippen molar-refractivity contribution in [3.8, 4) is 5.75 Å². The van der Waals surface area contributed by atoms with Crippen molar-refractivity contribution in [2.75, 3.05) is 40.0 Å². The van der Waals surface area contributed by atoms with E-state index in [0.717, 1.165) is 35.8 Å². The van der Waals surface area contributed by atoms with Gasteiger partial charge in [-0.3, -0.25) is 10.1 Å². The Labute approximate surface area is 186 Å². The highest BCUT2D eigenvalue weighted by Crippen LogP contribution is 2.18. The summed E-state index contributed by atoms with van der Waals surface area (Å²) in [5.41, 5.74) is 0.691. The summed E-state index contributed by atoms with van der Waals surface area (Å²) in [5.74, 6) is 4.25. The molecule has 0 saturated heterocycles. The number of furan rings is 1. The van der Waals surface area contributed by atoms with Crippen LogP contribution in [0.5, 0.6) is 5.75 Å². The number of aliphatic hydroxyl groups excluding tert-OH is 1. The molecule has 2 aromatic rings. The number of rotatable bonds is 14. The minimum absolute atomic E-state index is 0.132. The maximum Gasteiger partial charge on any atom is 0.274 e. The summed E-state index contributed by atoms with van der Waals surface area (Å²) < 4.78 is 10.9. The molecule has 9 nitrogen and oxygen atoms in total. The highest BCUT2D eigenvalue weighted by Gasteiger charge is 2.10. The molecule has 2 rings (SSSR count). The van der Waals surface area contributed by atoms with Gasteiger partial charge in [0.15, 0.2) is 5.82 Å². The van der Waals surface area contributed by atoms with Gasteiger partial charge in [-0.1, -0.05) is 12.1 Å². The van der Waals surface area contributed by atoms with Gasteiger partial charge in [0.05, 0.1) is 30.4 Å². The van der Waals surface area contributed by atoms with Crippen molar-refractivity contribution in [1.82, 2.24) is 15.5 Å². The van der Waals surface area contributed by atoms with Crippen LogP contribution < -0.4 is 15.4 Å². The van der Waals surface area contributed by atoms with E-state index in [2.05, 4.69) is 10.6 Å². The van der Waals surface area contributed by atoms with Gasteiger partial charge in [0.1, 0.15) is 17.3 Å². The fourth-order valence-electron chi connectivity index (χ4n) is 2.74. The topological polar surface area (TPSA) is 113 Å². The van der Waals surface area contributed by atoms with Crippen LogP contribution in [0.2, 0.25) is 0 Å². The van der Waals surface area contributed by atoms with Gasteiger partial charge in [-0.2, -0.15) is 11.8 Å². The molecule has 1 unspecified atom stereocenters. The van der Waals surface area contributed by atoms with Crippen molar-refractivity contribution in [1.29, 1.82) is 0 Å². The Morgan fingerprint density at radius 2 is 1.97 bits per heavy atom. The van der Waals surface area contributed by atoms with Crippen molar-refractivity contribution >= 4 is 11.8 Å². The molecule has 1 aromatic carbocycles. The van der Waals surface area contributed by atoms with Crippen molar-refractivity contribution in [3.05, 3.63) is 75.6 Å². The SMILES string of the molecule is COc1ccc(C(O)CNC(=C[N+](=O)[O-])NCCSCc2ccc(CN(C)C)o2)cc1. The first-order valence-electron chi connectivity index (χ1n) is 9.82. The number of ether oxygens (including phenoxy) is 1. The molecule has 0 aliphatic carbocycles. The Morgan fingerprint density at radius 3 is 2.61 bits per heavy atom. The molecule has 0 fully saturated rings. The number of benzene rings is 1. The first-order valence-corrected chi connectivity index (χ1v) is 11.0. The normalized spacial score (nSPS) is 12.6. The zero-order chi connectivity index (χ0) is 22.6. The summed E-state index contributed by atoms with van der Waals surface area (Å²) >= 11 is 1.67. The maximum atomic E-state index is 10.9. The Kier molecular flexibility index (Phi) is 10.2. The summed E-state index contributed by atoms with van der Waals surface area (Å²) in [6, 6.07) is 11.0. The van der Waals surface area contributed by atoms with Gasteiger partial charge in [0, 0.05) is 18.8 Å². The number of nitro groups is 1. The van der Waals surface area contributed by atoms with Crippen LogP contribution in [0.15, 0.2) is 52.8 Å². The number of thioether (sulfide) groups is 1. The van der Waals surface area contributed by atoms with E-state index in [-0.39, 0.29) is 12.4 Å². The minimum Gasteiger partial charge on any atom is -0.497 e. The quantitative estimate of drug-likeness (QED) is 0.227. The summed E-state index contributed by atoms with van der Waals surface area (Å²) in [6.07, 6.45) is 0.0541. The van der Waals surface area contributed by atoms with Crippen LogP contribution in [0.25, 0.3) is 0 Å². The van der Waals surface area contributed by atoms with E-state index in [1.807, 2.05) is 31.1 Å². The van der Waals surface area contributed by atoms with E-state index in [9.17, 15) is 15.2 Å². The third-order valence-electron chi connectivity index (χ3n) is 4.22. The number of methoxy groups -OCH3 is 1. The van der Waals surface area contributed by atoms with Gasteiger partial charge in [-0.15, -0.1) is 0 Å². The molecule has 1 heterocycles. The maximum absolute atomic E-state index is 10.9. The summed E-state index contributed by atoms with van der Waals surface area (Å²) in [4.78, 5) is 12.4. The van der Waals surface area contributed by atoms with Crippen LogP contribution in [-0.4, -0.2) is 55.0 Å². The van der Waals surface area contributed by atoms with Crippen molar-refractivity contribution in [3.63, 3.8) is 0 Å². The molecule has 0 radical (unpaired) electrons. The zero-order valence-electron chi connectivity index (χ0n) is 18.0. The lowest BCUT2D eigenvalue weighted by Crippen LogP contribution is -2.31. The second kappa shape index (κ2) is 12.9. The molecule has 0 aliphatic rings. The smallest absolute Gasteiger partial charge is 0.274 e. The standard InChI is InChI=1S/C21H30N4O5S/c1-24(2)13-18-8-9-19(30-18)15-31-11-10-22-21(14-25(27)28)23-12-20(26)16-4-6-17(29-3)7-5-16/h4-9,14,20,22-23,26H,10-13,15H2,1-3H3. The molecule has 0 spiro atoms. The highest BCUT2D eigenvalue weighted by molar-refractivity contribution is 7.98. The molecular weight excluding hydrogens is 420 g/mol. The molecule has 1 aromatic heterocycles. The number of hydrogen-bond donors (Lipinski definition) is 3. The zero-order valence-corrected chi connectivity index (χ0v) is 18.9. The van der Waals surface area contributed by atoms with E-state index in [0.29, 0.717) is 17.9 Å². The first kappa shape index (κ1) is 24.6. The summed E-state index contributed by atoms with van der Waals surface area (Å²) in [7, 11) is 5.55. The Hall–Kier alpha value is -2.69. The van der Waals surface area contributed by atoms with Crippen molar-refractivity contribution in [2.24, 2.45) is 0 Å². The Balaban J connectivity index is 1.74. The molecular formula is C21H30N4O5S. The van der Waals surface area contributed by atoms with Crippen LogP contribution >= 0.6 is 11.8 Å². The van der Waals surface area contributed by atoms with Crippen LogP contribution in [0.4, 0.5) is 0 Å². The molecule has 1 atom stereocenters. The van der Waals surface area contributed by atoms with E-state index < -0.39 is 11.0 Å². The lowest BCUT2D eigenvalue weighted by atomic mass is 10.1. The van der Waals surface area contributed by atoms with Crippen LogP contribution in [0, 0.1) is 10.1 Å². The number of hydrogen-bond acceptors (Lipinski definition) is 9. The predicted molar refractivity (Wildman–Crippen MR) is 121 cm³/mol. The van der Waals surface area contributed by atoms with Gasteiger partial charge in [0.25, 0.3) is 6.20 Å². The lowest BCUT2D eigenvalue weighted by Gasteiger charge is -2.15. The third kappa shape index (κ3) is 9.33. The fourth-order valence-corrected chi connectivity index (χ4v) is 3.48. The molecule has 31 heavy (non-hydrogen) atoms. The molecule has 0 bridgehead atoms. The van der Waals surface area contributed by atoms with Gasteiger partial charge < -0.3 is 29.8 Å². The molecule has 170 valence electrons. The largest absolute Gasteiger partial charge is 0.497 e. The first-order chi connectivity index (χ1) is 14.9. The lowest BCUT2D eigenvalue weighted by molar-refractivity contribution is -0.404. The van der Waals surface area contributed by atoms with Crippen LogP contribution in [0.3, 0.4) is 0 Å². The average molecular weight is 451 g/mol. The van der Waals surface area contributed by atoms with E-state index >= 15 is 0 Å².